The van der Waals surface area contributed by atoms with Crippen molar-refractivity contribution in [2.24, 2.45) is 5.73 Å². The molecule has 114 valence electrons. The minimum Gasteiger partial charge on any atom is -0.324 e. The molecule has 1 heterocycles. The predicted octanol–water partition coefficient (Wildman–Crippen LogP) is 4.45. The van der Waals surface area contributed by atoms with E-state index in [4.69, 9.17) is 17.3 Å². The SMILES string of the molecule is CCC(CC)n1ccc(CC(N)c2ccc(C)cc2Cl)n1. The first-order chi connectivity index (χ1) is 10.0. The molecule has 4 heteroatoms. The van der Waals surface area contributed by atoms with Gasteiger partial charge < -0.3 is 5.73 Å². The molecule has 0 amide bonds. The number of hydrogen-bond donors (Lipinski definition) is 1. The molecule has 0 aliphatic carbocycles. The molecule has 0 radical (unpaired) electrons. The normalized spacial score (nSPS) is 12.9. The molecule has 0 fully saturated rings. The van der Waals surface area contributed by atoms with Gasteiger partial charge >= 0.3 is 0 Å². The van der Waals surface area contributed by atoms with Gasteiger partial charge in [-0.15, -0.1) is 0 Å². The Kier molecular flexibility index (Phi) is 5.43. The highest BCUT2D eigenvalue weighted by Crippen LogP contribution is 2.25. The van der Waals surface area contributed by atoms with Gasteiger partial charge in [-0.2, -0.15) is 5.10 Å². The molecular weight excluding hydrogens is 282 g/mol. The highest BCUT2D eigenvalue weighted by Gasteiger charge is 2.14. The van der Waals surface area contributed by atoms with E-state index in [0.717, 1.165) is 34.7 Å². The van der Waals surface area contributed by atoms with Crippen LogP contribution >= 0.6 is 11.6 Å². The molecule has 0 saturated heterocycles. The van der Waals surface area contributed by atoms with Crippen molar-refractivity contribution < 1.29 is 0 Å². The van der Waals surface area contributed by atoms with Crippen LogP contribution in [0.3, 0.4) is 0 Å². The van der Waals surface area contributed by atoms with E-state index in [2.05, 4.69) is 35.9 Å². The Morgan fingerprint density at radius 1 is 1.24 bits per heavy atom. The zero-order chi connectivity index (χ0) is 15.4. The van der Waals surface area contributed by atoms with Crippen LogP contribution in [0.15, 0.2) is 30.5 Å². The third-order valence-electron chi connectivity index (χ3n) is 3.96. The van der Waals surface area contributed by atoms with Crippen LogP contribution in [0.2, 0.25) is 5.02 Å². The maximum absolute atomic E-state index is 6.29. The number of benzene rings is 1. The van der Waals surface area contributed by atoms with Gasteiger partial charge in [-0.25, -0.2) is 0 Å². The van der Waals surface area contributed by atoms with Gasteiger partial charge in [0.05, 0.1) is 11.7 Å². The zero-order valence-corrected chi connectivity index (χ0v) is 13.8. The highest BCUT2D eigenvalue weighted by molar-refractivity contribution is 6.31. The highest BCUT2D eigenvalue weighted by atomic mass is 35.5. The lowest BCUT2D eigenvalue weighted by molar-refractivity contribution is 0.424. The summed E-state index contributed by atoms with van der Waals surface area (Å²) in [5, 5.41) is 5.40. The van der Waals surface area contributed by atoms with Gasteiger partial charge in [-0.1, -0.05) is 37.6 Å². The molecule has 0 bridgehead atoms. The van der Waals surface area contributed by atoms with Crippen LogP contribution in [0.1, 0.15) is 55.6 Å². The first-order valence-electron chi connectivity index (χ1n) is 7.60. The molecule has 2 rings (SSSR count). The molecule has 0 aliphatic rings. The molecule has 1 aromatic carbocycles. The van der Waals surface area contributed by atoms with E-state index in [9.17, 15) is 0 Å². The van der Waals surface area contributed by atoms with E-state index in [0.29, 0.717) is 12.5 Å². The molecule has 0 saturated carbocycles. The first-order valence-corrected chi connectivity index (χ1v) is 7.98. The van der Waals surface area contributed by atoms with Gasteiger partial charge in [0.15, 0.2) is 0 Å². The number of aromatic nitrogens is 2. The summed E-state index contributed by atoms with van der Waals surface area (Å²) in [5.41, 5.74) is 9.45. The summed E-state index contributed by atoms with van der Waals surface area (Å²) in [7, 11) is 0. The Labute approximate surface area is 132 Å². The molecule has 0 aliphatic heterocycles. The van der Waals surface area contributed by atoms with Crippen LogP contribution in [0.5, 0.6) is 0 Å². The van der Waals surface area contributed by atoms with Crippen LogP contribution in [0.25, 0.3) is 0 Å². The van der Waals surface area contributed by atoms with Gasteiger partial charge in [0.2, 0.25) is 0 Å². The van der Waals surface area contributed by atoms with E-state index in [-0.39, 0.29) is 6.04 Å². The second-order valence-electron chi connectivity index (χ2n) is 5.59. The van der Waals surface area contributed by atoms with Crippen molar-refractivity contribution in [3.63, 3.8) is 0 Å². The van der Waals surface area contributed by atoms with Crippen LogP contribution in [-0.2, 0) is 6.42 Å². The van der Waals surface area contributed by atoms with Gasteiger partial charge in [-0.3, -0.25) is 4.68 Å². The minimum absolute atomic E-state index is 0.122. The summed E-state index contributed by atoms with van der Waals surface area (Å²) in [6.07, 6.45) is 4.94. The average molecular weight is 306 g/mol. The van der Waals surface area contributed by atoms with E-state index >= 15 is 0 Å². The Morgan fingerprint density at radius 3 is 2.57 bits per heavy atom. The number of halogens is 1. The van der Waals surface area contributed by atoms with Gasteiger partial charge in [0.1, 0.15) is 0 Å². The fourth-order valence-electron chi connectivity index (χ4n) is 2.62. The van der Waals surface area contributed by atoms with Crippen molar-refractivity contribution in [3.8, 4) is 0 Å². The summed E-state index contributed by atoms with van der Waals surface area (Å²) in [6.45, 7) is 6.40. The van der Waals surface area contributed by atoms with Crippen molar-refractivity contribution >= 4 is 11.6 Å². The molecule has 1 unspecified atom stereocenters. The Bertz CT molecular complexity index is 587. The Hall–Kier alpha value is -1.32. The number of rotatable bonds is 6. The van der Waals surface area contributed by atoms with Crippen LogP contribution in [-0.4, -0.2) is 9.78 Å². The first kappa shape index (κ1) is 16.1. The fraction of sp³-hybridized carbons (Fsp3) is 0.471. The van der Waals surface area contributed by atoms with Gasteiger partial charge in [-0.05, 0) is 43.0 Å². The lowest BCUT2D eigenvalue weighted by atomic mass is 10.0. The second-order valence-corrected chi connectivity index (χ2v) is 6.00. The van der Waals surface area contributed by atoms with Gasteiger partial charge in [0.25, 0.3) is 0 Å². The van der Waals surface area contributed by atoms with Crippen LogP contribution in [0, 0.1) is 6.92 Å². The van der Waals surface area contributed by atoms with Crippen LogP contribution < -0.4 is 5.73 Å². The van der Waals surface area contributed by atoms with E-state index in [1.54, 1.807) is 0 Å². The molecule has 3 nitrogen and oxygen atoms in total. The molecule has 2 N–H and O–H groups in total. The predicted molar refractivity (Wildman–Crippen MR) is 88.7 cm³/mol. The fourth-order valence-corrected chi connectivity index (χ4v) is 3.00. The standard InChI is InChI=1S/C17H24ClN3/c1-4-14(5-2)21-9-8-13(20-21)11-17(19)15-7-6-12(3)10-16(15)18/h6-10,14,17H,4-5,11,19H2,1-3H3. The van der Waals surface area contributed by atoms with E-state index < -0.39 is 0 Å². The summed E-state index contributed by atoms with van der Waals surface area (Å²) in [6, 6.07) is 8.42. The minimum atomic E-state index is -0.122. The third-order valence-corrected chi connectivity index (χ3v) is 4.29. The quantitative estimate of drug-likeness (QED) is 0.857. The molecule has 1 aromatic heterocycles. The largest absolute Gasteiger partial charge is 0.324 e. The van der Waals surface area contributed by atoms with Crippen molar-refractivity contribution in [1.29, 1.82) is 0 Å². The third kappa shape index (κ3) is 3.86. The van der Waals surface area contributed by atoms with Crippen molar-refractivity contribution in [3.05, 3.63) is 52.3 Å². The monoisotopic (exact) mass is 305 g/mol. The summed E-state index contributed by atoms with van der Waals surface area (Å²) in [5.74, 6) is 0. The number of aryl methyl sites for hydroxylation is 1. The average Bonchev–Trinajstić information content (AvgIpc) is 2.88. The lowest BCUT2D eigenvalue weighted by Gasteiger charge is -2.14. The smallest absolute Gasteiger partial charge is 0.0643 e. The molecule has 2 aromatic rings. The Morgan fingerprint density at radius 2 is 1.95 bits per heavy atom. The van der Waals surface area contributed by atoms with Crippen molar-refractivity contribution in [2.45, 2.75) is 52.1 Å². The lowest BCUT2D eigenvalue weighted by Crippen LogP contribution is -2.15. The van der Waals surface area contributed by atoms with Crippen molar-refractivity contribution in [2.75, 3.05) is 0 Å². The summed E-state index contributed by atoms with van der Waals surface area (Å²) < 4.78 is 2.05. The van der Waals surface area contributed by atoms with Crippen molar-refractivity contribution in [1.82, 2.24) is 9.78 Å². The molecular formula is C17H24ClN3. The van der Waals surface area contributed by atoms with Gasteiger partial charge in [0, 0.05) is 23.7 Å². The maximum Gasteiger partial charge on any atom is 0.0643 e. The molecule has 1 atom stereocenters. The van der Waals surface area contributed by atoms with Crippen LogP contribution in [0.4, 0.5) is 0 Å². The molecule has 0 spiro atoms. The zero-order valence-electron chi connectivity index (χ0n) is 13.0. The van der Waals surface area contributed by atoms with E-state index in [1.165, 1.54) is 0 Å². The second kappa shape index (κ2) is 7.10. The topological polar surface area (TPSA) is 43.8 Å². The summed E-state index contributed by atoms with van der Waals surface area (Å²) in [4.78, 5) is 0. The number of nitrogens with two attached hydrogens (primary N) is 1. The maximum atomic E-state index is 6.29. The van der Waals surface area contributed by atoms with E-state index in [1.807, 2.05) is 25.1 Å². The number of hydrogen-bond acceptors (Lipinski definition) is 2. The number of nitrogens with zero attached hydrogens (tertiary/aromatic N) is 2. The molecule has 21 heavy (non-hydrogen) atoms. The summed E-state index contributed by atoms with van der Waals surface area (Å²) >= 11 is 6.29. The Balaban J connectivity index is 2.11.